The van der Waals surface area contributed by atoms with Crippen molar-refractivity contribution in [1.29, 1.82) is 0 Å². The van der Waals surface area contributed by atoms with Crippen molar-refractivity contribution in [1.82, 2.24) is 9.88 Å². The molecular formula is C38H40N2O2. The Morgan fingerprint density at radius 2 is 1.57 bits per heavy atom. The number of nitrogens with zero attached hydrogens (tertiary/aromatic N) is 2. The van der Waals surface area contributed by atoms with Crippen LogP contribution in [0.25, 0.3) is 10.8 Å². The second-order valence-corrected chi connectivity index (χ2v) is 13.2. The zero-order valence-corrected chi connectivity index (χ0v) is 25.4. The predicted octanol–water partition coefficient (Wildman–Crippen LogP) is 8.92. The van der Waals surface area contributed by atoms with Gasteiger partial charge in [-0.25, -0.2) is 0 Å². The van der Waals surface area contributed by atoms with E-state index in [2.05, 4.69) is 82.1 Å². The van der Waals surface area contributed by atoms with Gasteiger partial charge in [-0.1, -0.05) is 88.4 Å². The Kier molecular flexibility index (Phi) is 7.26. The van der Waals surface area contributed by atoms with Gasteiger partial charge in [0, 0.05) is 31.9 Å². The second kappa shape index (κ2) is 10.9. The second-order valence-electron chi connectivity index (χ2n) is 13.2. The van der Waals surface area contributed by atoms with Gasteiger partial charge in [0.25, 0.3) is 5.91 Å². The van der Waals surface area contributed by atoms with E-state index < -0.39 is 0 Å². The molecule has 5 aromatic rings. The Morgan fingerprint density at radius 3 is 2.33 bits per heavy atom. The van der Waals surface area contributed by atoms with Gasteiger partial charge in [-0.2, -0.15) is 0 Å². The number of rotatable bonds is 7. The fraction of sp³-hybridized carbons (Fsp3) is 0.316. The largest absolute Gasteiger partial charge is 0.456 e. The molecule has 4 nitrogen and oxygen atoms in total. The van der Waals surface area contributed by atoms with Gasteiger partial charge in [-0.3, -0.25) is 9.78 Å². The molecule has 1 aliphatic carbocycles. The molecule has 4 heteroatoms. The highest BCUT2D eigenvalue weighted by atomic mass is 16.4. The molecule has 0 N–H and O–H groups in total. The number of furan rings is 1. The van der Waals surface area contributed by atoms with E-state index in [1.54, 1.807) is 6.20 Å². The first-order valence-electron chi connectivity index (χ1n) is 15.0. The minimum absolute atomic E-state index is 0.122. The molecule has 0 radical (unpaired) electrons. The zero-order valence-electron chi connectivity index (χ0n) is 25.4. The van der Waals surface area contributed by atoms with E-state index in [-0.39, 0.29) is 16.7 Å². The number of hydrogen-bond acceptors (Lipinski definition) is 3. The molecule has 2 heterocycles. The minimum Gasteiger partial charge on any atom is -0.456 e. The molecule has 0 aliphatic heterocycles. The van der Waals surface area contributed by atoms with Crippen LogP contribution in [0.1, 0.15) is 90.2 Å². The minimum atomic E-state index is -0.122. The number of hydrogen-bond donors (Lipinski definition) is 0. The molecule has 214 valence electrons. The highest BCUT2D eigenvalue weighted by molar-refractivity contribution is 5.92. The Labute approximate surface area is 249 Å². The maximum Gasteiger partial charge on any atom is 0.290 e. The number of benzene rings is 3. The normalized spacial score (nSPS) is 15.4. The van der Waals surface area contributed by atoms with Gasteiger partial charge >= 0.3 is 0 Å². The lowest BCUT2D eigenvalue weighted by molar-refractivity contribution is 0.0696. The van der Waals surface area contributed by atoms with Gasteiger partial charge in [0.1, 0.15) is 5.76 Å². The average molecular weight is 557 g/mol. The van der Waals surface area contributed by atoms with Crippen molar-refractivity contribution in [2.24, 2.45) is 0 Å². The fourth-order valence-electron chi connectivity index (χ4n) is 6.44. The Bertz CT molecular complexity index is 1740. The Morgan fingerprint density at radius 1 is 0.833 bits per heavy atom. The van der Waals surface area contributed by atoms with E-state index in [9.17, 15) is 4.79 Å². The number of carbonyl (C=O) groups is 1. The monoisotopic (exact) mass is 556 g/mol. The van der Waals surface area contributed by atoms with E-state index >= 15 is 0 Å². The quantitative estimate of drug-likeness (QED) is 0.201. The molecule has 2 aromatic heterocycles. The first kappa shape index (κ1) is 28.0. The van der Waals surface area contributed by atoms with Gasteiger partial charge in [0.15, 0.2) is 5.76 Å². The van der Waals surface area contributed by atoms with Crippen LogP contribution in [0.5, 0.6) is 0 Å². The van der Waals surface area contributed by atoms with Crippen LogP contribution in [-0.2, 0) is 30.3 Å². The zero-order chi connectivity index (χ0) is 29.5. The Hall–Kier alpha value is -4.18. The lowest BCUT2D eigenvalue weighted by atomic mass is 9.62. The summed E-state index contributed by atoms with van der Waals surface area (Å²) in [5.41, 5.74) is 7.86. The van der Waals surface area contributed by atoms with Crippen molar-refractivity contribution in [3.63, 3.8) is 0 Å². The van der Waals surface area contributed by atoms with Crippen molar-refractivity contribution < 1.29 is 9.21 Å². The van der Waals surface area contributed by atoms with E-state index in [1.165, 1.54) is 35.1 Å². The van der Waals surface area contributed by atoms with Gasteiger partial charge in [-0.15, -0.1) is 0 Å². The standard InChI is InChI=1S/C38H40N2O2/c1-26-20-33-34(38(4,5)18-17-37(33,2)3)22-30(26)21-31-15-16-35(42-31)36(41)40(24-27-10-9-19-39-23-27)25-29-13-8-12-28-11-6-7-14-32(28)29/h6-16,19-20,22-23H,17-18,21,24-25H2,1-5H3. The molecule has 0 fully saturated rings. The third-order valence-corrected chi connectivity index (χ3v) is 9.17. The first-order chi connectivity index (χ1) is 20.1. The summed E-state index contributed by atoms with van der Waals surface area (Å²) in [6.45, 7) is 12.6. The van der Waals surface area contributed by atoms with Crippen molar-refractivity contribution in [3.05, 3.63) is 136 Å². The topological polar surface area (TPSA) is 46.3 Å². The molecule has 42 heavy (non-hydrogen) atoms. The molecule has 0 spiro atoms. The lowest BCUT2D eigenvalue weighted by Crippen LogP contribution is -2.34. The molecule has 0 saturated carbocycles. The van der Waals surface area contributed by atoms with Crippen LogP contribution in [0.2, 0.25) is 0 Å². The Balaban J connectivity index is 1.29. The molecule has 1 amide bonds. The molecule has 6 rings (SSSR count). The van der Waals surface area contributed by atoms with Gasteiger partial charge in [0.05, 0.1) is 0 Å². The highest BCUT2D eigenvalue weighted by Crippen LogP contribution is 2.46. The summed E-state index contributed by atoms with van der Waals surface area (Å²) in [5, 5.41) is 2.31. The smallest absolute Gasteiger partial charge is 0.290 e. The third kappa shape index (κ3) is 5.51. The van der Waals surface area contributed by atoms with Crippen molar-refractivity contribution in [3.8, 4) is 0 Å². The number of aromatic nitrogens is 1. The molecule has 0 unspecified atom stereocenters. The highest BCUT2D eigenvalue weighted by Gasteiger charge is 2.37. The maximum atomic E-state index is 14.0. The summed E-state index contributed by atoms with van der Waals surface area (Å²) in [7, 11) is 0. The molecule has 0 atom stereocenters. The summed E-state index contributed by atoms with van der Waals surface area (Å²) in [6, 6.07) is 27.1. The molecule has 1 aliphatic rings. The van der Waals surface area contributed by atoms with Crippen LogP contribution in [0.4, 0.5) is 0 Å². The first-order valence-corrected chi connectivity index (χ1v) is 15.0. The number of aryl methyl sites for hydroxylation is 1. The van der Waals surface area contributed by atoms with Gasteiger partial charge in [-0.05, 0) is 92.9 Å². The third-order valence-electron chi connectivity index (χ3n) is 9.17. The molecule has 0 saturated heterocycles. The van der Waals surface area contributed by atoms with E-state index in [4.69, 9.17) is 4.42 Å². The van der Waals surface area contributed by atoms with Crippen molar-refractivity contribution in [2.45, 2.75) is 77.8 Å². The van der Waals surface area contributed by atoms with Crippen LogP contribution >= 0.6 is 0 Å². The number of pyridine rings is 1. The molecule has 0 bridgehead atoms. The summed E-state index contributed by atoms with van der Waals surface area (Å²) in [6.07, 6.45) is 6.61. The summed E-state index contributed by atoms with van der Waals surface area (Å²) in [5.74, 6) is 1.05. The van der Waals surface area contributed by atoms with Crippen LogP contribution in [-0.4, -0.2) is 15.8 Å². The SMILES string of the molecule is Cc1cc2c(cc1Cc1ccc(C(=O)N(Cc3cccnc3)Cc3cccc4ccccc34)o1)C(C)(C)CCC2(C)C. The van der Waals surface area contributed by atoms with E-state index in [1.807, 2.05) is 47.5 Å². The van der Waals surface area contributed by atoms with Gasteiger partial charge in [0.2, 0.25) is 0 Å². The summed E-state index contributed by atoms with van der Waals surface area (Å²) in [4.78, 5) is 20.1. The van der Waals surface area contributed by atoms with Crippen LogP contribution in [0, 0.1) is 6.92 Å². The van der Waals surface area contributed by atoms with Crippen LogP contribution < -0.4 is 0 Å². The summed E-state index contributed by atoms with van der Waals surface area (Å²) < 4.78 is 6.28. The number of amides is 1. The van der Waals surface area contributed by atoms with Gasteiger partial charge < -0.3 is 9.32 Å². The molecule has 3 aromatic carbocycles. The number of carbonyl (C=O) groups excluding carboxylic acids is 1. The lowest BCUT2D eigenvalue weighted by Gasteiger charge is -2.42. The van der Waals surface area contributed by atoms with E-state index in [0.717, 1.165) is 27.7 Å². The maximum absolute atomic E-state index is 14.0. The fourth-order valence-corrected chi connectivity index (χ4v) is 6.44. The van der Waals surface area contributed by atoms with Crippen molar-refractivity contribution >= 4 is 16.7 Å². The number of fused-ring (bicyclic) bond motifs is 2. The van der Waals surface area contributed by atoms with E-state index in [0.29, 0.717) is 25.3 Å². The van der Waals surface area contributed by atoms with Crippen LogP contribution in [0.15, 0.2) is 95.7 Å². The predicted molar refractivity (Wildman–Crippen MR) is 170 cm³/mol. The molecular weight excluding hydrogens is 516 g/mol. The average Bonchev–Trinajstić information content (AvgIpc) is 3.45. The van der Waals surface area contributed by atoms with Crippen LogP contribution in [0.3, 0.4) is 0 Å². The van der Waals surface area contributed by atoms with Crippen molar-refractivity contribution in [2.75, 3.05) is 0 Å². The summed E-state index contributed by atoms with van der Waals surface area (Å²) >= 11 is 0.